The predicted octanol–water partition coefficient (Wildman–Crippen LogP) is 6.87. The maximum absolute atomic E-state index is 2.43. The zero-order valence-electron chi connectivity index (χ0n) is 28.5. The first-order valence-corrected chi connectivity index (χ1v) is 18.4. The first-order valence-electron chi connectivity index (χ1n) is 17.2. The standard InChI is InChI=1S/C36H25.C13H10.2ClH.Zr/c1-4-13-25(14-5-1)30-22-12-21-29-23-33-31(26-17-10-11-18-26)24-32(27-15-6-2-7-16-27)34(36(33)35(29)30)28-19-8-3-9-20-28;1-3-7-12(8-4-1)11-13-9-5-2-6-10-13;;;/h1-17,19-24H,18H2;1-10H;2*1H;/q-1;;;;+2/p-2. The average Bonchev–Trinajstić information content (AvgIpc) is 3.88. The molecule has 0 amide bonds. The predicted molar refractivity (Wildman–Crippen MR) is 211 cm³/mol. The molecule has 0 spiro atoms. The first kappa shape index (κ1) is 37.0. The molecule has 3 heteroatoms. The van der Waals surface area contributed by atoms with E-state index in [0.717, 1.165) is 6.42 Å². The van der Waals surface area contributed by atoms with Crippen molar-refractivity contribution in [3.63, 3.8) is 0 Å². The molecule has 0 saturated carbocycles. The van der Waals surface area contributed by atoms with Crippen LogP contribution in [0.5, 0.6) is 0 Å². The van der Waals surface area contributed by atoms with Crippen molar-refractivity contribution in [2.45, 2.75) is 6.42 Å². The van der Waals surface area contributed by atoms with Crippen LogP contribution in [0, 0.1) is 0 Å². The minimum atomic E-state index is 0. The molecule has 9 rings (SSSR count). The third-order valence-corrected chi connectivity index (χ3v) is 10.9. The van der Waals surface area contributed by atoms with E-state index < -0.39 is 0 Å². The molecule has 0 bridgehead atoms. The molecule has 0 aromatic heterocycles. The van der Waals surface area contributed by atoms with Gasteiger partial charge < -0.3 is 24.8 Å². The van der Waals surface area contributed by atoms with Crippen molar-refractivity contribution in [2.24, 2.45) is 0 Å². The number of allylic oxidation sites excluding steroid dienone is 4. The molecular formula is C49H35Cl2Zr-. The number of hydrogen-bond acceptors (Lipinski definition) is 0. The average molecular weight is 786 g/mol. The third-order valence-electron chi connectivity index (χ3n) is 9.49. The van der Waals surface area contributed by atoms with E-state index in [1.165, 1.54) is 105 Å². The summed E-state index contributed by atoms with van der Waals surface area (Å²) in [6.45, 7) is 0. The molecule has 0 saturated heterocycles. The quantitative estimate of drug-likeness (QED) is 0.162. The Morgan fingerprint density at radius 2 is 0.981 bits per heavy atom. The zero-order valence-corrected chi connectivity index (χ0v) is 32.5. The summed E-state index contributed by atoms with van der Waals surface area (Å²) in [5.74, 6) is 0. The Hall–Kier alpha value is -4.78. The molecular weight excluding hydrogens is 751 g/mol. The molecule has 0 radical (unpaired) electrons. The molecule has 0 N–H and O–H groups in total. The van der Waals surface area contributed by atoms with E-state index in [-0.39, 0.29) is 24.8 Å². The fraction of sp³-hybridized carbons (Fsp3) is 0.0204. The van der Waals surface area contributed by atoms with Crippen LogP contribution in [0.25, 0.3) is 60.5 Å². The summed E-state index contributed by atoms with van der Waals surface area (Å²) < 4.78 is 1.42. The van der Waals surface area contributed by atoms with Crippen molar-refractivity contribution in [1.82, 2.24) is 0 Å². The number of fused-ring (bicyclic) bond motifs is 3. The molecule has 0 unspecified atom stereocenters. The molecule has 0 heterocycles. The van der Waals surface area contributed by atoms with Gasteiger partial charge in [-0.15, -0.1) is 28.3 Å². The normalized spacial score (nSPS) is 11.6. The van der Waals surface area contributed by atoms with Gasteiger partial charge in [-0.25, -0.2) is 0 Å². The van der Waals surface area contributed by atoms with Crippen LogP contribution in [-0.4, -0.2) is 3.21 Å². The van der Waals surface area contributed by atoms with E-state index in [4.69, 9.17) is 0 Å². The Morgan fingerprint density at radius 1 is 0.481 bits per heavy atom. The summed E-state index contributed by atoms with van der Waals surface area (Å²) in [6, 6.07) is 65.2. The molecule has 0 nitrogen and oxygen atoms in total. The van der Waals surface area contributed by atoms with E-state index in [1.54, 1.807) is 0 Å². The van der Waals surface area contributed by atoms with E-state index >= 15 is 0 Å². The van der Waals surface area contributed by atoms with Crippen LogP contribution in [0.15, 0.2) is 200 Å². The third kappa shape index (κ3) is 7.55. The van der Waals surface area contributed by atoms with Gasteiger partial charge in [0.2, 0.25) is 0 Å². The fourth-order valence-corrected chi connectivity index (χ4v) is 7.95. The zero-order chi connectivity index (χ0) is 33.7. The molecule has 1 aliphatic carbocycles. The molecule has 250 valence electrons. The number of halogens is 2. The van der Waals surface area contributed by atoms with Crippen molar-refractivity contribution >= 4 is 30.3 Å². The van der Waals surface area contributed by atoms with Gasteiger partial charge in [-0.2, -0.15) is 0 Å². The van der Waals surface area contributed by atoms with Gasteiger partial charge in [-0.05, 0) is 34.2 Å². The van der Waals surface area contributed by atoms with Crippen molar-refractivity contribution in [1.29, 1.82) is 0 Å². The first-order chi connectivity index (χ1) is 24.8. The van der Waals surface area contributed by atoms with Gasteiger partial charge in [0, 0.05) is 0 Å². The van der Waals surface area contributed by atoms with Gasteiger partial charge in [0.05, 0.1) is 0 Å². The molecule has 8 aromatic carbocycles. The monoisotopic (exact) mass is 783 g/mol. The van der Waals surface area contributed by atoms with Crippen LogP contribution in [-0.2, 0) is 24.2 Å². The van der Waals surface area contributed by atoms with E-state index in [2.05, 4.69) is 200 Å². The van der Waals surface area contributed by atoms with Crippen molar-refractivity contribution in [3.8, 4) is 33.4 Å². The number of rotatable bonds is 6. The Morgan fingerprint density at radius 3 is 1.50 bits per heavy atom. The van der Waals surface area contributed by atoms with Gasteiger partial charge in [0.15, 0.2) is 0 Å². The van der Waals surface area contributed by atoms with Crippen molar-refractivity contribution in [3.05, 3.63) is 217 Å². The fourth-order valence-electron chi connectivity index (χ4n) is 7.13. The van der Waals surface area contributed by atoms with Gasteiger partial charge in [-0.1, -0.05) is 150 Å². The summed E-state index contributed by atoms with van der Waals surface area (Å²) >= 11 is 1.46. The van der Waals surface area contributed by atoms with Crippen LogP contribution in [0.2, 0.25) is 0 Å². The minimum absolute atomic E-state index is 0. The topological polar surface area (TPSA) is 0 Å². The Bertz CT molecular complexity index is 2440. The van der Waals surface area contributed by atoms with Gasteiger partial charge in [0.1, 0.15) is 0 Å². The SMILES string of the molecule is C1=CCC(c2cc(-c3ccccc3)c(-c3ccccc3)c3c2[cH-]c2cccc(-c4ccccc4)c23)=C1.[Cl-].[Cl-].[Zr+2]=[C](c1ccccc1)c1ccccc1. The Kier molecular flexibility index (Phi) is 12.2. The van der Waals surface area contributed by atoms with Crippen molar-refractivity contribution in [2.75, 3.05) is 0 Å². The summed E-state index contributed by atoms with van der Waals surface area (Å²) in [5.41, 5.74) is 13.0. The molecule has 0 atom stereocenters. The summed E-state index contributed by atoms with van der Waals surface area (Å²) in [7, 11) is 0. The summed E-state index contributed by atoms with van der Waals surface area (Å²) in [4.78, 5) is 0. The van der Waals surface area contributed by atoms with Crippen LogP contribution in [0.3, 0.4) is 0 Å². The molecule has 0 fully saturated rings. The Balaban J connectivity index is 0.000000246. The van der Waals surface area contributed by atoms with Gasteiger partial charge in [0.25, 0.3) is 0 Å². The Labute approximate surface area is 333 Å². The van der Waals surface area contributed by atoms with Gasteiger partial charge in [-0.3, -0.25) is 0 Å². The summed E-state index contributed by atoms with van der Waals surface area (Å²) in [6.07, 6.45) is 7.70. The molecule has 0 aliphatic heterocycles. The second-order valence-corrected chi connectivity index (χ2v) is 13.8. The van der Waals surface area contributed by atoms with E-state index in [0.29, 0.717) is 0 Å². The molecule has 8 aromatic rings. The van der Waals surface area contributed by atoms with Crippen LogP contribution >= 0.6 is 0 Å². The van der Waals surface area contributed by atoms with Crippen LogP contribution in [0.4, 0.5) is 0 Å². The molecule has 52 heavy (non-hydrogen) atoms. The van der Waals surface area contributed by atoms with Crippen molar-refractivity contribution < 1.29 is 49.0 Å². The summed E-state index contributed by atoms with van der Waals surface area (Å²) in [5, 5.41) is 5.31. The van der Waals surface area contributed by atoms with E-state index in [9.17, 15) is 0 Å². The second-order valence-electron chi connectivity index (χ2n) is 12.6. The van der Waals surface area contributed by atoms with E-state index in [1.807, 2.05) is 0 Å². The maximum atomic E-state index is 2.43. The second kappa shape index (κ2) is 17.2. The van der Waals surface area contributed by atoms with Crippen LogP contribution < -0.4 is 24.8 Å². The molecule has 1 aliphatic rings. The van der Waals surface area contributed by atoms with Crippen LogP contribution in [0.1, 0.15) is 23.1 Å². The van der Waals surface area contributed by atoms with Gasteiger partial charge >= 0.3 is 99.2 Å². The number of hydrogen-bond donors (Lipinski definition) is 0. The number of benzene rings is 7.